The van der Waals surface area contributed by atoms with E-state index >= 15 is 0 Å². The van der Waals surface area contributed by atoms with Gasteiger partial charge >= 0.3 is 0 Å². The maximum Gasteiger partial charge on any atom is 0.232 e. The van der Waals surface area contributed by atoms with E-state index in [-0.39, 0.29) is 24.4 Å². The lowest BCUT2D eigenvalue weighted by Crippen LogP contribution is -2.45. The van der Waals surface area contributed by atoms with Crippen molar-refractivity contribution >= 4 is 22.4 Å². The maximum atomic E-state index is 6.15. The second-order valence-corrected chi connectivity index (χ2v) is 8.88. The van der Waals surface area contributed by atoms with E-state index in [0.29, 0.717) is 17.4 Å². The molecule has 9 nitrogen and oxygen atoms in total. The first-order chi connectivity index (χ1) is 15.5. The SMILES string of the molecule is C[C@@H]1CN(c2ccnc3oc(-c4cnc5ccc(O[C@H]6C[C@H](N)C6)nn45)cc23)C[C@H](C)O1. The highest BCUT2D eigenvalue weighted by Crippen LogP contribution is 2.34. The third kappa shape index (κ3) is 3.37. The summed E-state index contributed by atoms with van der Waals surface area (Å²) in [5.41, 5.74) is 9.04. The first-order valence-electron chi connectivity index (χ1n) is 11.1. The number of pyridine rings is 1. The summed E-state index contributed by atoms with van der Waals surface area (Å²) in [6.07, 6.45) is 5.72. The van der Waals surface area contributed by atoms with Crippen LogP contribution in [0.2, 0.25) is 0 Å². The van der Waals surface area contributed by atoms with Gasteiger partial charge in [-0.05, 0) is 44.9 Å². The molecule has 9 heteroatoms. The van der Waals surface area contributed by atoms with Crippen LogP contribution in [0.25, 0.3) is 28.2 Å². The molecule has 0 spiro atoms. The predicted molar refractivity (Wildman–Crippen MR) is 120 cm³/mol. The highest BCUT2D eigenvalue weighted by Gasteiger charge is 2.28. The molecule has 166 valence electrons. The summed E-state index contributed by atoms with van der Waals surface area (Å²) in [5.74, 6) is 1.22. The van der Waals surface area contributed by atoms with E-state index in [9.17, 15) is 0 Å². The van der Waals surface area contributed by atoms with Gasteiger partial charge in [0.15, 0.2) is 11.4 Å². The van der Waals surface area contributed by atoms with Crippen LogP contribution < -0.4 is 15.4 Å². The van der Waals surface area contributed by atoms with Crippen LogP contribution in [0.15, 0.2) is 41.1 Å². The monoisotopic (exact) mass is 434 g/mol. The molecule has 1 aliphatic heterocycles. The molecule has 1 saturated heterocycles. The molecule has 0 aromatic carbocycles. The van der Waals surface area contributed by atoms with Crippen molar-refractivity contribution in [3.05, 3.63) is 36.7 Å². The van der Waals surface area contributed by atoms with Crippen molar-refractivity contribution in [2.75, 3.05) is 18.0 Å². The van der Waals surface area contributed by atoms with Gasteiger partial charge in [-0.3, -0.25) is 0 Å². The molecule has 2 fully saturated rings. The van der Waals surface area contributed by atoms with E-state index in [1.54, 1.807) is 16.9 Å². The van der Waals surface area contributed by atoms with E-state index < -0.39 is 0 Å². The minimum Gasteiger partial charge on any atom is -0.473 e. The van der Waals surface area contributed by atoms with Gasteiger partial charge in [0.2, 0.25) is 11.6 Å². The van der Waals surface area contributed by atoms with E-state index in [0.717, 1.165) is 48.3 Å². The van der Waals surface area contributed by atoms with Crippen molar-refractivity contribution in [2.24, 2.45) is 5.73 Å². The third-order valence-electron chi connectivity index (χ3n) is 6.18. The minimum atomic E-state index is 0.123. The summed E-state index contributed by atoms with van der Waals surface area (Å²) in [4.78, 5) is 11.3. The standard InChI is InChI=1S/C23H26N6O3/c1-13-11-28(12-14(2)30-13)18-5-6-25-23-17(18)9-20(32-23)19-10-26-21-3-4-22(27-29(19)21)31-16-7-15(24)8-16/h3-6,9-10,13-16H,7-8,11-12,24H2,1-2H3/t13-,14+,15-,16-. The summed E-state index contributed by atoms with van der Waals surface area (Å²) in [6.45, 7) is 5.85. The molecule has 0 unspecified atom stereocenters. The fraction of sp³-hybridized carbons (Fsp3) is 0.435. The third-order valence-corrected chi connectivity index (χ3v) is 6.18. The van der Waals surface area contributed by atoms with Crippen molar-refractivity contribution in [3.8, 4) is 17.3 Å². The largest absolute Gasteiger partial charge is 0.473 e. The van der Waals surface area contributed by atoms with E-state index in [1.165, 1.54) is 0 Å². The van der Waals surface area contributed by atoms with Crippen LogP contribution >= 0.6 is 0 Å². The van der Waals surface area contributed by atoms with Crippen LogP contribution in [0.1, 0.15) is 26.7 Å². The Kier molecular flexibility index (Phi) is 4.55. The number of hydrogen-bond acceptors (Lipinski definition) is 8. The number of nitrogens with two attached hydrogens (primary N) is 1. The summed E-state index contributed by atoms with van der Waals surface area (Å²) < 4.78 is 19.8. The quantitative estimate of drug-likeness (QED) is 0.523. The first-order valence-corrected chi connectivity index (χ1v) is 11.1. The Morgan fingerprint density at radius 2 is 1.91 bits per heavy atom. The van der Waals surface area contributed by atoms with E-state index in [1.807, 2.05) is 24.3 Å². The average molecular weight is 435 g/mol. The Labute approximate surface area is 185 Å². The molecule has 0 amide bonds. The molecule has 2 aliphatic rings. The zero-order valence-electron chi connectivity index (χ0n) is 18.1. The normalized spacial score (nSPS) is 25.9. The van der Waals surface area contributed by atoms with Gasteiger partial charge in [-0.1, -0.05) is 0 Å². The van der Waals surface area contributed by atoms with Crippen molar-refractivity contribution in [1.82, 2.24) is 19.6 Å². The maximum absolute atomic E-state index is 6.15. The number of nitrogens with zero attached hydrogens (tertiary/aromatic N) is 5. The average Bonchev–Trinajstić information content (AvgIpc) is 3.35. The van der Waals surface area contributed by atoms with Crippen molar-refractivity contribution < 1.29 is 13.9 Å². The van der Waals surface area contributed by atoms with Gasteiger partial charge in [0.1, 0.15) is 11.8 Å². The number of morpholine rings is 1. The molecule has 1 saturated carbocycles. The van der Waals surface area contributed by atoms with Gasteiger partial charge < -0.3 is 24.5 Å². The fourth-order valence-corrected chi connectivity index (χ4v) is 4.66. The lowest BCUT2D eigenvalue weighted by molar-refractivity contribution is -0.00513. The summed E-state index contributed by atoms with van der Waals surface area (Å²) in [6, 6.07) is 8.02. The molecule has 4 aromatic heterocycles. The molecule has 6 rings (SSSR count). The molecule has 0 radical (unpaired) electrons. The Morgan fingerprint density at radius 1 is 1.09 bits per heavy atom. The van der Waals surface area contributed by atoms with Crippen molar-refractivity contribution in [1.29, 1.82) is 0 Å². The van der Waals surface area contributed by atoms with Gasteiger partial charge in [0, 0.05) is 31.4 Å². The summed E-state index contributed by atoms with van der Waals surface area (Å²) in [5, 5.41) is 5.61. The van der Waals surface area contributed by atoms with E-state index in [2.05, 4.69) is 33.8 Å². The number of ether oxygens (including phenoxy) is 2. The second-order valence-electron chi connectivity index (χ2n) is 8.88. The minimum absolute atomic E-state index is 0.123. The Hall–Kier alpha value is -3.17. The molecule has 1 aliphatic carbocycles. The number of imidazole rings is 1. The molecule has 32 heavy (non-hydrogen) atoms. The molecule has 5 heterocycles. The highest BCUT2D eigenvalue weighted by atomic mass is 16.5. The number of anilines is 1. The van der Waals surface area contributed by atoms with Gasteiger partial charge in [0.25, 0.3) is 0 Å². The Morgan fingerprint density at radius 3 is 2.69 bits per heavy atom. The fourth-order valence-electron chi connectivity index (χ4n) is 4.66. The first kappa shape index (κ1) is 19.5. The molecular formula is C23H26N6O3. The molecule has 2 N–H and O–H groups in total. The molecule has 4 aromatic rings. The predicted octanol–water partition coefficient (Wildman–Crippen LogP) is 3.02. The summed E-state index contributed by atoms with van der Waals surface area (Å²) in [7, 11) is 0. The van der Waals surface area contributed by atoms with Crippen LogP contribution in [0.3, 0.4) is 0 Å². The zero-order valence-corrected chi connectivity index (χ0v) is 18.1. The zero-order chi connectivity index (χ0) is 21.8. The van der Waals surface area contributed by atoms with Crippen LogP contribution in [0.5, 0.6) is 5.88 Å². The molecule has 0 bridgehead atoms. The lowest BCUT2D eigenvalue weighted by Gasteiger charge is -2.37. The second kappa shape index (κ2) is 7.46. The number of furan rings is 1. The van der Waals surface area contributed by atoms with Crippen LogP contribution in [0, 0.1) is 0 Å². The van der Waals surface area contributed by atoms with Crippen molar-refractivity contribution in [2.45, 2.75) is 51.0 Å². The lowest BCUT2D eigenvalue weighted by atomic mass is 9.90. The smallest absolute Gasteiger partial charge is 0.232 e. The van der Waals surface area contributed by atoms with Crippen LogP contribution in [-0.2, 0) is 4.74 Å². The van der Waals surface area contributed by atoms with Crippen LogP contribution in [0.4, 0.5) is 5.69 Å². The van der Waals surface area contributed by atoms with Gasteiger partial charge in [-0.15, -0.1) is 5.10 Å². The van der Waals surface area contributed by atoms with Gasteiger partial charge in [-0.2, -0.15) is 0 Å². The number of fused-ring (bicyclic) bond motifs is 2. The number of hydrogen-bond donors (Lipinski definition) is 1. The van der Waals surface area contributed by atoms with Gasteiger partial charge in [-0.25, -0.2) is 14.5 Å². The number of rotatable bonds is 4. The highest BCUT2D eigenvalue weighted by molar-refractivity contribution is 5.91. The topological polar surface area (TPSA) is 104 Å². The summed E-state index contributed by atoms with van der Waals surface area (Å²) >= 11 is 0. The van der Waals surface area contributed by atoms with Crippen molar-refractivity contribution in [3.63, 3.8) is 0 Å². The van der Waals surface area contributed by atoms with E-state index in [4.69, 9.17) is 19.6 Å². The Bertz CT molecular complexity index is 1270. The Balaban J connectivity index is 1.37. The van der Waals surface area contributed by atoms with Crippen LogP contribution in [-0.4, -0.2) is 57.0 Å². The number of aromatic nitrogens is 4. The molecule has 2 atom stereocenters. The molecular weight excluding hydrogens is 408 g/mol. The van der Waals surface area contributed by atoms with Gasteiger partial charge in [0.05, 0.1) is 29.5 Å².